The van der Waals surface area contributed by atoms with Gasteiger partial charge in [-0.15, -0.1) is 0 Å². The van der Waals surface area contributed by atoms with Crippen LogP contribution in [0.15, 0.2) is 0 Å². The van der Waals surface area contributed by atoms with Gasteiger partial charge in [0.25, 0.3) is 0 Å². The molecule has 7 heteroatoms. The van der Waals surface area contributed by atoms with Crippen LogP contribution in [0.3, 0.4) is 0 Å². The van der Waals surface area contributed by atoms with Crippen molar-refractivity contribution in [3.05, 3.63) is 0 Å². The molecule has 23 heavy (non-hydrogen) atoms. The molecule has 0 saturated carbocycles. The number of esters is 2. The zero-order valence-corrected chi connectivity index (χ0v) is 14.5. The van der Waals surface area contributed by atoms with E-state index in [0.29, 0.717) is 58.8 Å². The molecule has 2 N–H and O–H groups in total. The lowest BCUT2D eigenvalue weighted by Crippen LogP contribution is -2.36. The minimum absolute atomic E-state index is 0.0900. The van der Waals surface area contributed by atoms with Crippen LogP contribution in [0.5, 0.6) is 0 Å². The molecule has 0 bridgehead atoms. The molecular formula is C16H32N2O5. The Morgan fingerprint density at radius 1 is 0.913 bits per heavy atom. The van der Waals surface area contributed by atoms with E-state index in [4.69, 9.17) is 14.6 Å². The summed E-state index contributed by atoms with van der Waals surface area (Å²) < 4.78 is 10.1. The smallest absolute Gasteiger partial charge is 0.307 e. The third-order valence-corrected chi connectivity index (χ3v) is 3.09. The number of ether oxygens (including phenoxy) is 2. The highest BCUT2D eigenvalue weighted by molar-refractivity contribution is 5.70. The Bertz CT molecular complexity index is 289. The average Bonchev–Trinajstić information content (AvgIpc) is 2.56. The van der Waals surface area contributed by atoms with E-state index in [9.17, 15) is 9.59 Å². The summed E-state index contributed by atoms with van der Waals surface area (Å²) in [6.45, 7) is 7.90. The highest BCUT2D eigenvalue weighted by Crippen LogP contribution is 1.98. The van der Waals surface area contributed by atoms with E-state index in [-0.39, 0.29) is 18.5 Å². The lowest BCUT2D eigenvalue weighted by molar-refractivity contribution is -0.144. The summed E-state index contributed by atoms with van der Waals surface area (Å²) in [6, 6.07) is 0. The van der Waals surface area contributed by atoms with Crippen LogP contribution in [0.25, 0.3) is 0 Å². The molecule has 0 aromatic carbocycles. The Hall–Kier alpha value is -1.18. The first-order chi connectivity index (χ1) is 11.1. The van der Waals surface area contributed by atoms with Crippen molar-refractivity contribution in [1.82, 2.24) is 10.2 Å². The minimum Gasteiger partial charge on any atom is -0.466 e. The summed E-state index contributed by atoms with van der Waals surface area (Å²) in [7, 11) is 0. The van der Waals surface area contributed by atoms with Crippen LogP contribution in [0.1, 0.15) is 39.5 Å². The molecule has 0 heterocycles. The number of carbonyl (C=O) groups is 2. The van der Waals surface area contributed by atoms with Gasteiger partial charge in [0, 0.05) is 32.7 Å². The first-order valence-electron chi connectivity index (χ1n) is 8.49. The number of aliphatic hydroxyl groups is 1. The van der Waals surface area contributed by atoms with Gasteiger partial charge in [0.15, 0.2) is 0 Å². The second-order valence-electron chi connectivity index (χ2n) is 5.26. The quantitative estimate of drug-likeness (QED) is 0.334. The van der Waals surface area contributed by atoms with Crippen molar-refractivity contribution in [2.45, 2.75) is 39.5 Å². The van der Waals surface area contributed by atoms with Crippen LogP contribution in [0.2, 0.25) is 0 Å². The van der Waals surface area contributed by atoms with Crippen LogP contribution in [0.4, 0.5) is 0 Å². The molecular weight excluding hydrogens is 300 g/mol. The first-order valence-corrected chi connectivity index (χ1v) is 8.49. The molecule has 0 aliphatic carbocycles. The number of carbonyl (C=O) groups excluding carboxylic acids is 2. The summed E-state index contributed by atoms with van der Waals surface area (Å²) in [6.07, 6.45) is 2.24. The van der Waals surface area contributed by atoms with Gasteiger partial charge in [-0.3, -0.25) is 9.59 Å². The van der Waals surface area contributed by atoms with Crippen molar-refractivity contribution in [3.8, 4) is 0 Å². The van der Waals surface area contributed by atoms with E-state index in [2.05, 4.69) is 5.32 Å². The maximum Gasteiger partial charge on any atom is 0.307 e. The van der Waals surface area contributed by atoms with E-state index in [1.54, 1.807) is 0 Å². The molecule has 136 valence electrons. The molecule has 7 nitrogen and oxygen atoms in total. The van der Waals surface area contributed by atoms with Gasteiger partial charge in [0.1, 0.15) is 0 Å². The van der Waals surface area contributed by atoms with Gasteiger partial charge >= 0.3 is 11.9 Å². The van der Waals surface area contributed by atoms with Crippen LogP contribution in [0, 0.1) is 0 Å². The van der Waals surface area contributed by atoms with E-state index in [1.165, 1.54) is 0 Å². The number of hydrogen-bond donors (Lipinski definition) is 2. The Balaban J connectivity index is 4.10. The molecule has 0 radical (unpaired) electrons. The SMILES string of the molecule is CCCOC(=O)CCN(CCNCCO)CCC(=O)OCCC. The van der Waals surface area contributed by atoms with Gasteiger partial charge < -0.3 is 24.8 Å². The van der Waals surface area contributed by atoms with E-state index in [1.807, 2.05) is 18.7 Å². The predicted molar refractivity (Wildman–Crippen MR) is 88.1 cm³/mol. The zero-order chi connectivity index (χ0) is 17.3. The normalized spacial score (nSPS) is 10.8. The molecule has 0 aliphatic heterocycles. The van der Waals surface area contributed by atoms with Crippen molar-refractivity contribution in [3.63, 3.8) is 0 Å². The minimum atomic E-state index is -0.214. The third-order valence-electron chi connectivity index (χ3n) is 3.09. The Kier molecular flexibility index (Phi) is 14.9. The van der Waals surface area contributed by atoms with Crippen molar-refractivity contribution in [2.75, 3.05) is 52.5 Å². The Morgan fingerprint density at radius 2 is 1.43 bits per heavy atom. The average molecular weight is 332 g/mol. The number of nitrogens with zero attached hydrogens (tertiary/aromatic N) is 1. The van der Waals surface area contributed by atoms with Gasteiger partial charge in [0.2, 0.25) is 0 Å². The molecule has 0 amide bonds. The maximum absolute atomic E-state index is 11.6. The van der Waals surface area contributed by atoms with Gasteiger partial charge in [0.05, 0.1) is 32.7 Å². The molecule has 0 aromatic heterocycles. The van der Waals surface area contributed by atoms with Gasteiger partial charge in [-0.25, -0.2) is 0 Å². The third kappa shape index (κ3) is 14.2. The topological polar surface area (TPSA) is 88.1 Å². The zero-order valence-electron chi connectivity index (χ0n) is 14.5. The Morgan fingerprint density at radius 3 is 1.87 bits per heavy atom. The standard InChI is InChI=1S/C16H32N2O5/c1-3-13-22-15(20)5-9-18(11-7-17-8-12-19)10-6-16(21)23-14-4-2/h17,19H,3-14H2,1-2H3. The van der Waals surface area contributed by atoms with Crippen molar-refractivity contribution in [2.24, 2.45) is 0 Å². The molecule has 0 aliphatic rings. The predicted octanol–water partition coefficient (Wildman–Crippen LogP) is 0.557. The largest absolute Gasteiger partial charge is 0.466 e. The second kappa shape index (κ2) is 15.7. The van der Waals surface area contributed by atoms with Crippen LogP contribution < -0.4 is 5.32 Å². The fourth-order valence-electron chi connectivity index (χ4n) is 1.85. The molecule has 0 aromatic rings. The van der Waals surface area contributed by atoms with E-state index < -0.39 is 0 Å². The van der Waals surface area contributed by atoms with Crippen LogP contribution >= 0.6 is 0 Å². The molecule has 0 atom stereocenters. The number of hydrogen-bond acceptors (Lipinski definition) is 7. The van der Waals surface area contributed by atoms with Crippen molar-refractivity contribution >= 4 is 11.9 Å². The summed E-state index contributed by atoms with van der Waals surface area (Å²) in [5, 5.41) is 11.8. The number of rotatable bonds is 15. The summed E-state index contributed by atoms with van der Waals surface area (Å²) in [5.41, 5.74) is 0. The molecule has 0 saturated heterocycles. The molecule has 0 fully saturated rings. The maximum atomic E-state index is 11.6. The first kappa shape index (κ1) is 21.8. The summed E-state index contributed by atoms with van der Waals surface area (Å²) in [4.78, 5) is 25.2. The fraction of sp³-hybridized carbons (Fsp3) is 0.875. The number of aliphatic hydroxyl groups excluding tert-OH is 1. The van der Waals surface area contributed by atoms with Crippen molar-refractivity contribution in [1.29, 1.82) is 0 Å². The molecule has 0 spiro atoms. The lowest BCUT2D eigenvalue weighted by Gasteiger charge is -2.21. The van der Waals surface area contributed by atoms with Gasteiger partial charge in [-0.2, -0.15) is 0 Å². The molecule has 0 rings (SSSR count). The molecule has 0 unspecified atom stereocenters. The van der Waals surface area contributed by atoms with Crippen molar-refractivity contribution < 1.29 is 24.2 Å². The highest BCUT2D eigenvalue weighted by atomic mass is 16.5. The van der Waals surface area contributed by atoms with Crippen LogP contribution in [-0.4, -0.2) is 74.5 Å². The van der Waals surface area contributed by atoms with Gasteiger partial charge in [-0.1, -0.05) is 13.8 Å². The second-order valence-corrected chi connectivity index (χ2v) is 5.26. The summed E-state index contributed by atoms with van der Waals surface area (Å²) in [5.74, 6) is -0.428. The fourth-order valence-corrected chi connectivity index (χ4v) is 1.85. The lowest BCUT2D eigenvalue weighted by atomic mass is 10.3. The highest BCUT2D eigenvalue weighted by Gasteiger charge is 2.11. The number of nitrogens with one attached hydrogen (secondary N) is 1. The Labute approximate surface area is 139 Å². The monoisotopic (exact) mass is 332 g/mol. The summed E-state index contributed by atoms with van der Waals surface area (Å²) >= 11 is 0. The van der Waals surface area contributed by atoms with Crippen LogP contribution in [-0.2, 0) is 19.1 Å². The van der Waals surface area contributed by atoms with E-state index in [0.717, 1.165) is 12.8 Å². The van der Waals surface area contributed by atoms with Gasteiger partial charge in [-0.05, 0) is 12.8 Å². The van der Waals surface area contributed by atoms with E-state index >= 15 is 0 Å².